The van der Waals surface area contributed by atoms with Crippen molar-refractivity contribution in [2.24, 2.45) is 0 Å². The topological polar surface area (TPSA) is 43.1 Å². The summed E-state index contributed by atoms with van der Waals surface area (Å²) in [6, 6.07) is 5.37. The van der Waals surface area contributed by atoms with Crippen LogP contribution in [0.25, 0.3) is 10.9 Å². The zero-order valence-electron chi connectivity index (χ0n) is 7.99. The van der Waals surface area contributed by atoms with Gasteiger partial charge >= 0.3 is 5.63 Å². The molecule has 0 aliphatic rings. The van der Waals surface area contributed by atoms with Gasteiger partial charge in [-0.2, -0.15) is 0 Å². The molecule has 0 saturated heterocycles. The highest BCUT2D eigenvalue weighted by atomic mass is 16.4. The summed E-state index contributed by atoms with van der Waals surface area (Å²) in [6.07, 6.45) is 3.38. The Labute approximate surface area is 81.4 Å². The zero-order valence-corrected chi connectivity index (χ0v) is 7.99. The normalized spacial score (nSPS) is 10.6. The van der Waals surface area contributed by atoms with Crippen molar-refractivity contribution >= 4 is 10.9 Å². The number of aromatic nitrogens is 1. The van der Waals surface area contributed by atoms with Crippen molar-refractivity contribution in [2.75, 3.05) is 0 Å². The van der Waals surface area contributed by atoms with Crippen LogP contribution in [0.5, 0.6) is 0 Å². The molecule has 0 N–H and O–H groups in total. The lowest BCUT2D eigenvalue weighted by molar-refractivity contribution is 0.519. The van der Waals surface area contributed by atoms with Gasteiger partial charge in [-0.1, -0.05) is 13.3 Å². The van der Waals surface area contributed by atoms with E-state index in [9.17, 15) is 4.79 Å². The maximum absolute atomic E-state index is 11.2. The molecule has 0 spiro atoms. The molecule has 3 heteroatoms. The van der Waals surface area contributed by atoms with Gasteiger partial charge in [0.05, 0.1) is 17.2 Å². The van der Waals surface area contributed by atoms with Crippen LogP contribution in [0.4, 0.5) is 0 Å². The van der Waals surface area contributed by atoms with Crippen molar-refractivity contribution in [3.8, 4) is 0 Å². The molecular formula is C11H11NO2. The molecular weight excluding hydrogens is 178 g/mol. The van der Waals surface area contributed by atoms with Gasteiger partial charge in [0.2, 0.25) is 0 Å². The molecule has 0 unspecified atom stereocenters. The van der Waals surface area contributed by atoms with Crippen molar-refractivity contribution in [3.05, 3.63) is 40.6 Å². The summed E-state index contributed by atoms with van der Waals surface area (Å²) in [7, 11) is 0. The molecule has 0 radical (unpaired) electrons. The fourth-order valence-corrected chi connectivity index (χ4v) is 1.44. The largest absolute Gasteiger partial charge is 0.431 e. The molecule has 14 heavy (non-hydrogen) atoms. The maximum Gasteiger partial charge on any atom is 0.345 e. The van der Waals surface area contributed by atoms with Gasteiger partial charge in [0, 0.05) is 5.69 Å². The van der Waals surface area contributed by atoms with Crippen LogP contribution in [0.1, 0.15) is 19.0 Å². The van der Waals surface area contributed by atoms with Gasteiger partial charge in [0.15, 0.2) is 0 Å². The van der Waals surface area contributed by atoms with E-state index in [0.717, 1.165) is 18.5 Å². The van der Waals surface area contributed by atoms with E-state index < -0.39 is 0 Å². The summed E-state index contributed by atoms with van der Waals surface area (Å²) in [4.78, 5) is 15.6. The summed E-state index contributed by atoms with van der Waals surface area (Å²) in [6.45, 7) is 2.10. The van der Waals surface area contributed by atoms with Gasteiger partial charge in [0.1, 0.15) is 0 Å². The highest BCUT2D eigenvalue weighted by molar-refractivity contribution is 5.76. The summed E-state index contributed by atoms with van der Waals surface area (Å²) >= 11 is 0. The molecule has 3 nitrogen and oxygen atoms in total. The Kier molecular flexibility index (Phi) is 2.31. The van der Waals surface area contributed by atoms with Crippen LogP contribution in [0, 0.1) is 0 Å². The highest BCUT2D eigenvalue weighted by Crippen LogP contribution is 2.08. The molecule has 2 rings (SSSR count). The van der Waals surface area contributed by atoms with Crippen LogP contribution in [-0.4, -0.2) is 4.98 Å². The first-order chi connectivity index (χ1) is 6.81. The third-order valence-corrected chi connectivity index (χ3v) is 2.11. The van der Waals surface area contributed by atoms with E-state index in [4.69, 9.17) is 4.42 Å². The molecule has 0 aliphatic heterocycles. The molecule has 0 saturated carbocycles. The smallest absolute Gasteiger partial charge is 0.345 e. The van der Waals surface area contributed by atoms with Gasteiger partial charge in [-0.15, -0.1) is 0 Å². The minimum Gasteiger partial charge on any atom is -0.431 e. The second-order valence-corrected chi connectivity index (χ2v) is 3.19. The Morgan fingerprint density at radius 3 is 3.00 bits per heavy atom. The van der Waals surface area contributed by atoms with Gasteiger partial charge in [0.25, 0.3) is 0 Å². The first kappa shape index (κ1) is 8.94. The van der Waals surface area contributed by atoms with Crippen molar-refractivity contribution in [2.45, 2.75) is 19.8 Å². The Bertz CT molecular complexity index is 502. The molecule has 0 aromatic carbocycles. The van der Waals surface area contributed by atoms with E-state index in [1.807, 2.05) is 6.07 Å². The Morgan fingerprint density at radius 2 is 2.21 bits per heavy atom. The molecule has 0 aliphatic carbocycles. The van der Waals surface area contributed by atoms with Crippen molar-refractivity contribution < 1.29 is 4.42 Å². The zero-order chi connectivity index (χ0) is 9.97. The maximum atomic E-state index is 11.2. The summed E-state index contributed by atoms with van der Waals surface area (Å²) in [5.41, 5.74) is 1.41. The molecule has 0 bridgehead atoms. The molecule has 2 heterocycles. The molecule has 2 aromatic heterocycles. The van der Waals surface area contributed by atoms with E-state index in [1.165, 1.54) is 6.26 Å². The minimum absolute atomic E-state index is 0.321. The third-order valence-electron chi connectivity index (χ3n) is 2.11. The van der Waals surface area contributed by atoms with Gasteiger partial charge < -0.3 is 4.42 Å². The van der Waals surface area contributed by atoms with E-state index >= 15 is 0 Å². The third kappa shape index (κ3) is 1.53. The van der Waals surface area contributed by atoms with Crippen molar-refractivity contribution in [1.82, 2.24) is 4.98 Å². The molecule has 0 fully saturated rings. The van der Waals surface area contributed by atoms with Crippen LogP contribution in [0.2, 0.25) is 0 Å². The fourth-order valence-electron chi connectivity index (χ4n) is 1.44. The average molecular weight is 189 g/mol. The Hall–Kier alpha value is -1.64. The number of fused-ring (bicyclic) bond motifs is 1. The number of hydrogen-bond acceptors (Lipinski definition) is 3. The highest BCUT2D eigenvalue weighted by Gasteiger charge is 2.01. The molecule has 0 atom stereocenters. The first-order valence-electron chi connectivity index (χ1n) is 4.68. The van der Waals surface area contributed by atoms with Crippen molar-refractivity contribution in [1.29, 1.82) is 0 Å². The average Bonchev–Trinajstić information content (AvgIpc) is 2.18. The summed E-state index contributed by atoms with van der Waals surface area (Å²) < 4.78 is 4.74. The lowest BCUT2D eigenvalue weighted by atomic mass is 10.2. The summed E-state index contributed by atoms with van der Waals surface area (Å²) in [5, 5.41) is 0.548. The summed E-state index contributed by atoms with van der Waals surface area (Å²) in [5.74, 6) is 0. The number of rotatable bonds is 2. The van der Waals surface area contributed by atoms with Crippen LogP contribution in [0.15, 0.2) is 33.7 Å². The van der Waals surface area contributed by atoms with E-state index in [0.29, 0.717) is 10.9 Å². The van der Waals surface area contributed by atoms with E-state index in [-0.39, 0.29) is 5.63 Å². The van der Waals surface area contributed by atoms with Crippen molar-refractivity contribution in [3.63, 3.8) is 0 Å². The van der Waals surface area contributed by atoms with Crippen LogP contribution in [0.3, 0.4) is 0 Å². The predicted molar refractivity (Wildman–Crippen MR) is 54.3 cm³/mol. The van der Waals surface area contributed by atoms with Gasteiger partial charge in [-0.05, 0) is 24.6 Å². The lowest BCUT2D eigenvalue weighted by Gasteiger charge is -1.99. The lowest BCUT2D eigenvalue weighted by Crippen LogP contribution is -2.00. The SMILES string of the molecule is CCCc1ccc2c(=O)occc2n1. The number of aryl methyl sites for hydroxylation is 1. The Balaban J connectivity index is 2.61. The minimum atomic E-state index is -0.321. The number of nitrogens with zero attached hydrogens (tertiary/aromatic N) is 1. The number of pyridine rings is 1. The standard InChI is InChI=1S/C11H11NO2/c1-2-3-8-4-5-9-10(12-8)6-7-14-11(9)13/h4-7H,2-3H2,1H3. The van der Waals surface area contributed by atoms with Gasteiger partial charge in [-0.3, -0.25) is 4.98 Å². The second kappa shape index (κ2) is 3.62. The Morgan fingerprint density at radius 1 is 1.36 bits per heavy atom. The second-order valence-electron chi connectivity index (χ2n) is 3.19. The monoisotopic (exact) mass is 189 g/mol. The van der Waals surface area contributed by atoms with Crippen LogP contribution in [-0.2, 0) is 6.42 Å². The fraction of sp³-hybridized carbons (Fsp3) is 0.273. The van der Waals surface area contributed by atoms with Crippen LogP contribution >= 0.6 is 0 Å². The molecule has 2 aromatic rings. The first-order valence-corrected chi connectivity index (χ1v) is 4.68. The predicted octanol–water partition coefficient (Wildman–Crippen LogP) is 2.14. The van der Waals surface area contributed by atoms with Crippen LogP contribution < -0.4 is 5.63 Å². The van der Waals surface area contributed by atoms with E-state index in [1.54, 1.807) is 12.1 Å². The molecule has 0 amide bonds. The van der Waals surface area contributed by atoms with E-state index in [2.05, 4.69) is 11.9 Å². The number of hydrogen-bond donors (Lipinski definition) is 0. The molecule has 72 valence electrons. The quantitative estimate of drug-likeness (QED) is 0.726. The van der Waals surface area contributed by atoms with Gasteiger partial charge in [-0.25, -0.2) is 4.79 Å².